The lowest BCUT2D eigenvalue weighted by molar-refractivity contribution is -0.142. The van der Waals surface area contributed by atoms with Crippen molar-refractivity contribution in [1.29, 1.82) is 0 Å². The summed E-state index contributed by atoms with van der Waals surface area (Å²) < 4.78 is 23.3. The van der Waals surface area contributed by atoms with E-state index in [0.717, 1.165) is 11.0 Å². The first-order chi connectivity index (χ1) is 11.6. The highest BCUT2D eigenvalue weighted by Crippen LogP contribution is 2.37. The zero-order chi connectivity index (χ0) is 18.8. The van der Waals surface area contributed by atoms with Crippen LogP contribution in [0.3, 0.4) is 0 Å². The zero-order valence-electron chi connectivity index (χ0n) is 16.3. The van der Waals surface area contributed by atoms with Crippen molar-refractivity contribution < 1.29 is 23.6 Å². The van der Waals surface area contributed by atoms with Crippen LogP contribution in [0.1, 0.15) is 54.0 Å². The predicted octanol–water partition coefficient (Wildman–Crippen LogP) is 2.88. The van der Waals surface area contributed by atoms with E-state index < -0.39 is 18.3 Å². The van der Waals surface area contributed by atoms with Crippen LogP contribution in [0.15, 0.2) is 18.2 Å². The summed E-state index contributed by atoms with van der Waals surface area (Å²) in [5.74, 6) is 0.459. The van der Waals surface area contributed by atoms with E-state index in [-0.39, 0.29) is 18.5 Å². The normalized spacial score (nSPS) is 18.5. The number of rotatable bonds is 6. The van der Waals surface area contributed by atoms with Crippen molar-refractivity contribution in [2.75, 3.05) is 6.61 Å². The fourth-order valence-electron chi connectivity index (χ4n) is 2.60. The molecule has 1 aliphatic rings. The first-order valence-electron chi connectivity index (χ1n) is 8.86. The maximum Gasteiger partial charge on any atom is 0.498 e. The molecule has 0 aliphatic carbocycles. The molecule has 25 heavy (non-hydrogen) atoms. The Morgan fingerprint density at radius 1 is 1.16 bits per heavy atom. The Kier molecular flexibility index (Phi) is 5.84. The minimum absolute atomic E-state index is 0.0251. The molecule has 5 nitrogen and oxygen atoms in total. The van der Waals surface area contributed by atoms with Gasteiger partial charge in [-0.05, 0) is 60.1 Å². The molecular weight excluding hydrogens is 319 g/mol. The standard InChI is InChI=1S/C19H29BO5/c1-8-22-17(21)12-14-9-10-16(23-13(2)3)15(11-14)20-24-18(4,5)19(6,7)25-20/h9-11,13H,8,12H2,1-7H3. The summed E-state index contributed by atoms with van der Waals surface area (Å²) in [6.45, 7) is 14.2. The van der Waals surface area contributed by atoms with E-state index in [2.05, 4.69) is 0 Å². The van der Waals surface area contributed by atoms with Crippen molar-refractivity contribution in [3.8, 4) is 5.75 Å². The first kappa shape index (κ1) is 19.8. The molecular formula is C19H29BO5. The molecule has 1 fully saturated rings. The van der Waals surface area contributed by atoms with Gasteiger partial charge < -0.3 is 18.8 Å². The van der Waals surface area contributed by atoms with Crippen LogP contribution >= 0.6 is 0 Å². The van der Waals surface area contributed by atoms with Gasteiger partial charge in [0.05, 0.1) is 30.3 Å². The Hall–Kier alpha value is -1.53. The molecule has 138 valence electrons. The fourth-order valence-corrected chi connectivity index (χ4v) is 2.60. The van der Waals surface area contributed by atoms with E-state index in [4.69, 9.17) is 18.8 Å². The van der Waals surface area contributed by atoms with E-state index in [1.807, 2.05) is 59.7 Å². The van der Waals surface area contributed by atoms with Crippen LogP contribution in [0.25, 0.3) is 0 Å². The Morgan fingerprint density at radius 3 is 2.28 bits per heavy atom. The molecule has 0 N–H and O–H groups in total. The highest BCUT2D eigenvalue weighted by Gasteiger charge is 2.52. The third kappa shape index (κ3) is 4.56. The summed E-state index contributed by atoms with van der Waals surface area (Å²) in [5.41, 5.74) is 0.766. The number of benzene rings is 1. The van der Waals surface area contributed by atoms with Gasteiger partial charge in [-0.3, -0.25) is 4.79 Å². The lowest BCUT2D eigenvalue weighted by atomic mass is 9.77. The molecule has 1 aromatic rings. The largest absolute Gasteiger partial charge is 0.498 e. The van der Waals surface area contributed by atoms with Crippen LogP contribution in [0, 0.1) is 0 Å². The van der Waals surface area contributed by atoms with Crippen LogP contribution in [-0.4, -0.2) is 37.0 Å². The van der Waals surface area contributed by atoms with Crippen molar-refractivity contribution in [2.24, 2.45) is 0 Å². The molecule has 0 amide bonds. The van der Waals surface area contributed by atoms with Gasteiger partial charge in [-0.15, -0.1) is 0 Å². The van der Waals surface area contributed by atoms with E-state index in [0.29, 0.717) is 12.4 Å². The molecule has 0 unspecified atom stereocenters. The lowest BCUT2D eigenvalue weighted by Crippen LogP contribution is -2.41. The summed E-state index contributed by atoms with van der Waals surface area (Å²) in [5, 5.41) is 0. The van der Waals surface area contributed by atoms with Crippen molar-refractivity contribution in [3.05, 3.63) is 23.8 Å². The van der Waals surface area contributed by atoms with Gasteiger partial charge in [-0.1, -0.05) is 12.1 Å². The minimum atomic E-state index is -0.541. The smallest absolute Gasteiger partial charge is 0.491 e. The summed E-state index contributed by atoms with van der Waals surface area (Å²) in [6, 6.07) is 5.66. The lowest BCUT2D eigenvalue weighted by Gasteiger charge is -2.32. The zero-order valence-corrected chi connectivity index (χ0v) is 16.3. The molecule has 0 aromatic heterocycles. The van der Waals surface area contributed by atoms with Gasteiger partial charge in [0, 0.05) is 5.46 Å². The SMILES string of the molecule is CCOC(=O)Cc1ccc(OC(C)C)c(B2OC(C)(C)C(C)(C)O2)c1. The van der Waals surface area contributed by atoms with Crippen LogP contribution < -0.4 is 10.2 Å². The highest BCUT2D eigenvalue weighted by atomic mass is 16.7. The predicted molar refractivity (Wildman–Crippen MR) is 98.3 cm³/mol. The Balaban J connectivity index is 2.34. The molecule has 1 aromatic carbocycles. The van der Waals surface area contributed by atoms with Crippen molar-refractivity contribution in [3.63, 3.8) is 0 Å². The quantitative estimate of drug-likeness (QED) is 0.585. The third-order valence-electron chi connectivity index (χ3n) is 4.60. The van der Waals surface area contributed by atoms with Crippen molar-refractivity contribution in [1.82, 2.24) is 0 Å². The second kappa shape index (κ2) is 7.38. The van der Waals surface area contributed by atoms with Gasteiger partial charge in [-0.25, -0.2) is 0 Å². The molecule has 0 saturated carbocycles. The summed E-state index contributed by atoms with van der Waals surface area (Å²) in [4.78, 5) is 11.8. The summed E-state index contributed by atoms with van der Waals surface area (Å²) >= 11 is 0. The molecule has 1 heterocycles. The van der Waals surface area contributed by atoms with E-state index >= 15 is 0 Å². The maximum absolute atomic E-state index is 11.8. The molecule has 0 bridgehead atoms. The Bertz CT molecular complexity index is 608. The highest BCUT2D eigenvalue weighted by molar-refractivity contribution is 6.63. The maximum atomic E-state index is 11.8. The average molecular weight is 348 g/mol. The second-order valence-electron chi connectivity index (χ2n) is 7.61. The van der Waals surface area contributed by atoms with Crippen LogP contribution in [0.4, 0.5) is 0 Å². The number of hydrogen-bond donors (Lipinski definition) is 0. The van der Waals surface area contributed by atoms with E-state index in [9.17, 15) is 4.79 Å². The monoisotopic (exact) mass is 348 g/mol. The van der Waals surface area contributed by atoms with Gasteiger partial charge in [0.15, 0.2) is 0 Å². The topological polar surface area (TPSA) is 54.0 Å². The van der Waals surface area contributed by atoms with Gasteiger partial charge in [-0.2, -0.15) is 0 Å². The number of esters is 1. The summed E-state index contributed by atoms with van der Waals surface area (Å²) in [6.07, 6.45) is 0.236. The fraction of sp³-hybridized carbons (Fsp3) is 0.632. The minimum Gasteiger partial charge on any atom is -0.491 e. The van der Waals surface area contributed by atoms with E-state index in [1.54, 1.807) is 6.92 Å². The number of carbonyl (C=O) groups is 1. The second-order valence-corrected chi connectivity index (χ2v) is 7.61. The Morgan fingerprint density at radius 2 is 1.76 bits per heavy atom. The molecule has 6 heteroatoms. The van der Waals surface area contributed by atoms with Crippen molar-refractivity contribution in [2.45, 2.75) is 72.2 Å². The van der Waals surface area contributed by atoms with Gasteiger partial charge in [0.1, 0.15) is 5.75 Å². The molecule has 0 radical (unpaired) electrons. The number of carbonyl (C=O) groups excluding carboxylic acids is 1. The van der Waals surface area contributed by atoms with Crippen molar-refractivity contribution >= 4 is 18.6 Å². The molecule has 1 aliphatic heterocycles. The van der Waals surface area contributed by atoms with Gasteiger partial charge in [0.2, 0.25) is 0 Å². The third-order valence-corrected chi connectivity index (χ3v) is 4.60. The molecule has 0 atom stereocenters. The van der Waals surface area contributed by atoms with Crippen LogP contribution in [0.2, 0.25) is 0 Å². The Labute approximate surface area is 151 Å². The molecule has 0 spiro atoms. The summed E-state index contributed by atoms with van der Waals surface area (Å²) in [7, 11) is -0.541. The number of hydrogen-bond acceptors (Lipinski definition) is 5. The van der Waals surface area contributed by atoms with Gasteiger partial charge in [0.25, 0.3) is 0 Å². The van der Waals surface area contributed by atoms with E-state index in [1.165, 1.54) is 0 Å². The van der Waals surface area contributed by atoms with Gasteiger partial charge >= 0.3 is 13.1 Å². The first-order valence-corrected chi connectivity index (χ1v) is 8.86. The number of ether oxygens (including phenoxy) is 2. The van der Waals surface area contributed by atoms with Crippen LogP contribution in [0.5, 0.6) is 5.75 Å². The van der Waals surface area contributed by atoms with Crippen LogP contribution in [-0.2, 0) is 25.3 Å². The average Bonchev–Trinajstić information content (AvgIpc) is 2.68. The molecule has 2 rings (SSSR count). The molecule has 1 saturated heterocycles.